The second-order valence-electron chi connectivity index (χ2n) is 32.7. The molecule has 8 aromatic rings. The Morgan fingerprint density at radius 2 is 0.587 bits per heavy atom. The minimum absolute atomic E-state index is 0. The van der Waals surface area contributed by atoms with Gasteiger partial charge in [0, 0.05) is 93.9 Å². The summed E-state index contributed by atoms with van der Waals surface area (Å²) in [7, 11) is 0. The minimum atomic E-state index is -1.21. The number of oxime groups is 2. The van der Waals surface area contributed by atoms with Crippen molar-refractivity contribution in [2.45, 2.75) is 233 Å². The molecule has 0 radical (unpaired) electrons. The van der Waals surface area contributed by atoms with Crippen LogP contribution in [0.5, 0.6) is 11.5 Å². The molecule has 150 heavy (non-hydrogen) atoms. The summed E-state index contributed by atoms with van der Waals surface area (Å²) in [6.45, 7) is 16.2. The molecule has 8 atom stereocenters. The van der Waals surface area contributed by atoms with Gasteiger partial charge in [-0.15, -0.1) is 0 Å². The van der Waals surface area contributed by atoms with Crippen LogP contribution in [0.3, 0.4) is 0 Å². The van der Waals surface area contributed by atoms with Crippen molar-refractivity contribution in [3.63, 3.8) is 0 Å². The van der Waals surface area contributed by atoms with Gasteiger partial charge in [0.2, 0.25) is 23.3 Å². The number of quaternary nitrogens is 8. The summed E-state index contributed by atoms with van der Waals surface area (Å²) in [5, 5.41) is 98.1. The van der Waals surface area contributed by atoms with Crippen LogP contribution in [-0.4, -0.2) is 192 Å². The number of carbonyl (C=O) groups excluding carboxylic acids is 18. The number of aliphatic carboxylic acids is 8. The van der Waals surface area contributed by atoms with Crippen molar-refractivity contribution in [3.05, 3.63) is 272 Å². The predicted molar refractivity (Wildman–Crippen MR) is 539 cm³/mol. The van der Waals surface area contributed by atoms with E-state index in [-0.39, 0.29) is 138 Å². The van der Waals surface area contributed by atoms with Gasteiger partial charge in [-0.2, -0.15) is 5.10 Å². The smallest absolute Gasteiger partial charge is 0.255 e. The molecule has 0 aliphatic heterocycles. The number of nitrogens with zero attached hydrogens (tertiary/aromatic N) is 3. The molecule has 43 nitrogen and oxygen atoms in total. The zero-order chi connectivity index (χ0) is 109. The number of rotatable bonds is 47. The van der Waals surface area contributed by atoms with Crippen molar-refractivity contribution in [1.29, 1.82) is 0 Å². The fourth-order valence-electron chi connectivity index (χ4n) is 11.1. The highest BCUT2D eigenvalue weighted by molar-refractivity contribution is 6.43. The maximum Gasteiger partial charge on any atom is 0.255 e. The van der Waals surface area contributed by atoms with E-state index in [1.165, 1.54) is 65.1 Å². The van der Waals surface area contributed by atoms with E-state index in [1.807, 2.05) is 52.0 Å². The first-order valence-corrected chi connectivity index (χ1v) is 44.4. The topological polar surface area (TPSA) is 811 Å². The Bertz CT molecular complexity index is 5660. The first kappa shape index (κ1) is 144. The monoisotopic (exact) mass is 2100 g/mol. The molecule has 8 aromatic carbocycles. The number of ether oxygens (including phenoxy) is 2. The molecule has 0 spiro atoms. The van der Waals surface area contributed by atoms with Crippen molar-refractivity contribution >= 4 is 123 Å². The molecule has 0 bridgehead atoms. The quantitative estimate of drug-likeness (QED) is 0.00322. The lowest BCUT2D eigenvalue weighted by molar-refractivity contribution is -0.437. The van der Waals surface area contributed by atoms with E-state index >= 15 is 0 Å². The number of benzene rings is 8. The third-order valence-electron chi connectivity index (χ3n) is 19.0. The van der Waals surface area contributed by atoms with E-state index in [4.69, 9.17) is 19.1 Å². The van der Waals surface area contributed by atoms with Gasteiger partial charge in [0.1, 0.15) is 84.6 Å². The zero-order valence-electron chi connectivity index (χ0n) is 81.8. The van der Waals surface area contributed by atoms with Crippen LogP contribution < -0.4 is 107 Å². The van der Waals surface area contributed by atoms with E-state index in [0.29, 0.717) is 66.0 Å². The second-order valence-corrected chi connectivity index (χ2v) is 32.7. The Labute approximate surface area is 874 Å². The van der Waals surface area contributed by atoms with Crippen LogP contribution in [0.4, 0.5) is 0 Å². The summed E-state index contributed by atoms with van der Waals surface area (Å²) in [5.41, 5.74) is 41.5. The zero-order valence-corrected chi connectivity index (χ0v) is 81.8. The van der Waals surface area contributed by atoms with Crippen molar-refractivity contribution in [3.8, 4) is 11.5 Å². The van der Waals surface area contributed by atoms with Gasteiger partial charge in [0.05, 0.1) is 78.4 Å². The number of amides is 2. The molecular weight excluding hydrogens is 1950 g/mol. The average Bonchev–Trinajstić information content (AvgIpc) is 0.863. The Balaban J connectivity index is -0.000000393. The highest BCUT2D eigenvalue weighted by Gasteiger charge is 2.20. The third kappa shape index (κ3) is 64.6. The lowest BCUT2D eigenvalue weighted by Gasteiger charge is -2.10. The molecule has 0 heterocycles. The van der Waals surface area contributed by atoms with Gasteiger partial charge in [-0.3, -0.25) is 47.9 Å². The van der Waals surface area contributed by atoms with Crippen LogP contribution in [0.2, 0.25) is 0 Å². The van der Waals surface area contributed by atoms with E-state index in [2.05, 4.69) is 72.0 Å². The third-order valence-corrected chi connectivity index (χ3v) is 19.0. The molecule has 0 fully saturated rings. The molecular formula is C107H149N13O30. The van der Waals surface area contributed by atoms with Crippen molar-refractivity contribution in [1.82, 2.24) is 10.7 Å². The Hall–Kier alpha value is -16.3. The van der Waals surface area contributed by atoms with E-state index in [1.54, 1.807) is 153 Å². The number of hydrogen-bond acceptors (Lipinski definition) is 33. The van der Waals surface area contributed by atoms with Crippen LogP contribution in [0.1, 0.15) is 224 Å². The van der Waals surface area contributed by atoms with Gasteiger partial charge in [-0.25, -0.2) is 5.43 Å². The number of ketones is 8. The lowest BCUT2D eigenvalue weighted by atomic mass is 10.0. The van der Waals surface area contributed by atoms with E-state index < -0.39 is 119 Å². The first-order valence-electron chi connectivity index (χ1n) is 44.4. The molecule has 43 heteroatoms. The lowest BCUT2D eigenvalue weighted by Crippen LogP contribution is -2.69. The summed E-state index contributed by atoms with van der Waals surface area (Å²) < 4.78 is 10.5. The number of carbonyl (C=O) groups is 18. The van der Waals surface area contributed by atoms with Crippen molar-refractivity contribution in [2.75, 3.05) is 19.9 Å². The van der Waals surface area contributed by atoms with Gasteiger partial charge >= 0.3 is 0 Å². The van der Waals surface area contributed by atoms with Crippen LogP contribution in [0.25, 0.3) is 0 Å². The van der Waals surface area contributed by atoms with Gasteiger partial charge < -0.3 is 150 Å². The normalized spacial score (nSPS) is 11.4. The van der Waals surface area contributed by atoms with Crippen LogP contribution >= 0.6 is 0 Å². The fourth-order valence-corrected chi connectivity index (χ4v) is 11.1. The summed E-state index contributed by atoms with van der Waals surface area (Å²) in [4.78, 5) is 205. The number of hydrogen-bond donors (Lipinski definition) is 10. The van der Waals surface area contributed by atoms with Crippen molar-refractivity contribution < 1.29 is 192 Å². The van der Waals surface area contributed by atoms with Gasteiger partial charge in [-0.05, 0) is 140 Å². The fraction of sp³-hybridized carbons (Fsp3) is 0.355. The number of nitrogens with one attached hydrogen (secondary N) is 2. The molecule has 0 unspecified atom stereocenters. The molecule has 0 aliphatic carbocycles. The van der Waals surface area contributed by atoms with E-state index in [0.717, 1.165) is 67.1 Å². The standard InChI is InChI=1S/C13H18N2O4.C13H16N2O4.C13H18N2O3.2C13H15NO4.C12H15N3O3.C12H15NO4.C12H13NO4.6CH4/c1-9(2)15-19-8-18-11-5-3-10(4-6-11)7-12(14)13(16)17;1-8(16)7-15-12(17)10-4-2-9(3-5-10)6-11(14)13(18)19;1-9(2)15-18-8-11-5-3-10(4-6-11)7-12(14)13(16)17;1-8(15)6-12(16)10-4-2-9(3-5-10)7-11(14)13(17)18;1-2-11(15)12(16)9-5-3-8(4-6-9)7-10(14)13(17)18;1-8(16)15-14-7-10-4-2-9(3-5-10)6-11(13)12(17)18;1-8(14)7-17-10-4-2-9(3-5-10)6-11(13)12(15)16;1-7(14)11(15)9-4-2-8(3-5-9)6-10(13)12(16)17;;;;;;/h3-6,12H,7-8,14H2,1-2H3,(H,16,17);2-5,11H,6-7,14H2,1H3,(H,15,17)(H,18,19);3-6,12H,7-8,14H2,1-2H3,(H,16,17);2-5,11H,6-7,14H2,1H3,(H,17,18);3-6,10H,2,7,14H2,1H3,(H,17,18);2-5,7,11H,6,13H2,1H3,(H,15,16)(H,17,18);2-5,11H,6-7,13H2,1H3,(H,15,16);2-5,10H,6,13H2,1H3,(H,16,17);6*1H4/b;;;;;14-7+;;;;;;;;/t12-;11-;12-;11-;10-;2*11-;10-;;;;;;/m00000000....../s1. The van der Waals surface area contributed by atoms with Gasteiger partial charge in [0.15, 0.2) is 17.3 Å². The first-order chi connectivity index (χ1) is 67.6. The van der Waals surface area contributed by atoms with Gasteiger partial charge in [0.25, 0.3) is 12.7 Å². The maximum atomic E-state index is 11.6. The molecule has 0 saturated carbocycles. The molecule has 8 rings (SSSR count). The molecule has 822 valence electrons. The number of carboxylic acids is 8. The van der Waals surface area contributed by atoms with Crippen molar-refractivity contribution in [2.24, 2.45) is 15.4 Å². The largest absolute Gasteiger partial charge is 0.544 e. The van der Waals surface area contributed by atoms with Crippen LogP contribution in [0.15, 0.2) is 210 Å². The SMILES string of the molecule is C.C.C.C.C.C.CC(=O)C(=O)c1ccc(C[C@H]([NH3+])C(=O)[O-])cc1.CC(=O)CC(=O)c1ccc(C[C@H]([NH3+])C(=O)[O-])cc1.CC(=O)CNC(=O)c1ccc(C[C@H]([NH3+])C(=O)[O-])cc1.CC(=O)COc1ccc(C[C@H]([NH3+])C(=O)[O-])cc1.CC(=O)N/N=C/c1ccc(C[C@H]([NH3+])C(=O)[O-])cc1.CC(C)=NOCOc1ccc(C[C@H]([NH3+])C(=O)[O-])cc1.CC(C)=NOCc1ccc(C[C@H]([NH3+])C(=O)[O-])cc1.CCC(=O)C(=O)c1ccc(C[C@H]([NH3+])C(=O)[O-])cc1. The number of Topliss-reactive ketones (excluding diaryl/α,β-unsaturated/α-hetero) is 8. The molecule has 0 aliphatic rings. The number of carboxylic acid groups (broad SMARTS) is 8. The average molecular weight is 2100 g/mol. The summed E-state index contributed by atoms with van der Waals surface area (Å²) >= 11 is 0. The minimum Gasteiger partial charge on any atom is -0.544 e. The summed E-state index contributed by atoms with van der Waals surface area (Å²) in [5.74, 6) is -11.4. The predicted octanol–water partition coefficient (Wildman–Crippen LogP) is -6.95. The van der Waals surface area contributed by atoms with E-state index in [9.17, 15) is 127 Å². The summed E-state index contributed by atoms with van der Waals surface area (Å²) in [6, 6.07) is 47.7. The molecule has 0 aromatic heterocycles. The van der Waals surface area contributed by atoms with Crippen LogP contribution in [-0.2, 0) is 135 Å². The van der Waals surface area contributed by atoms with Crippen LogP contribution in [0, 0.1) is 0 Å². The molecule has 26 N–H and O–H groups in total. The second kappa shape index (κ2) is 78.1. The Morgan fingerprint density at radius 1 is 0.320 bits per heavy atom. The number of hydrazone groups is 1. The molecule has 0 saturated heterocycles. The molecule has 2 amide bonds. The maximum absolute atomic E-state index is 11.6. The highest BCUT2D eigenvalue weighted by Crippen LogP contribution is 2.18. The van der Waals surface area contributed by atoms with Gasteiger partial charge in [-0.1, -0.05) is 220 Å². The Kier molecular flexibility index (Phi) is 75.2. The Morgan fingerprint density at radius 3 is 0.860 bits per heavy atom. The summed E-state index contributed by atoms with van der Waals surface area (Å²) in [6.07, 6.45) is 3.87. The highest BCUT2D eigenvalue weighted by atomic mass is 16.7.